The van der Waals surface area contributed by atoms with Crippen molar-refractivity contribution in [3.8, 4) is 0 Å². The molecule has 1 rings (SSSR count). The van der Waals surface area contributed by atoms with E-state index in [-0.39, 0.29) is 0 Å². The van der Waals surface area contributed by atoms with Crippen molar-refractivity contribution in [3.63, 3.8) is 0 Å². The van der Waals surface area contributed by atoms with Crippen LogP contribution in [0.1, 0.15) is 5.56 Å². The van der Waals surface area contributed by atoms with Gasteiger partial charge in [-0.2, -0.15) is 8.42 Å². The summed E-state index contributed by atoms with van der Waals surface area (Å²) in [6, 6.07) is 7.08. The summed E-state index contributed by atoms with van der Waals surface area (Å²) in [4.78, 5) is 2.03. The molecule has 84 valence electrons. The Kier molecular flexibility index (Phi) is 3.67. The summed E-state index contributed by atoms with van der Waals surface area (Å²) >= 11 is 0. The number of hydrogen-bond acceptors (Lipinski definition) is 3. The standard InChI is InChI=1S/C9H15N3O2S/c1-12(2)7-8-3-5-9(6-4-8)11-15(10,13)14/h3-6,11H,7H2,1-2H3,(H2,10,13,14). The molecular weight excluding hydrogens is 214 g/mol. The van der Waals surface area contributed by atoms with Crippen molar-refractivity contribution in [2.45, 2.75) is 6.54 Å². The van der Waals surface area contributed by atoms with Crippen LogP contribution in [0, 0.1) is 0 Å². The Morgan fingerprint density at radius 3 is 2.20 bits per heavy atom. The molecule has 0 bridgehead atoms. The predicted octanol–water partition coefficient (Wildman–Crippen LogP) is 0.364. The summed E-state index contributed by atoms with van der Waals surface area (Å²) < 4.78 is 23.6. The fraction of sp³-hybridized carbons (Fsp3) is 0.333. The molecule has 6 heteroatoms. The molecule has 0 atom stereocenters. The van der Waals surface area contributed by atoms with E-state index in [0.29, 0.717) is 5.69 Å². The van der Waals surface area contributed by atoms with E-state index < -0.39 is 10.2 Å². The van der Waals surface area contributed by atoms with Crippen molar-refractivity contribution in [3.05, 3.63) is 29.8 Å². The zero-order valence-electron chi connectivity index (χ0n) is 8.77. The third kappa shape index (κ3) is 4.78. The molecule has 0 spiro atoms. The lowest BCUT2D eigenvalue weighted by Gasteiger charge is -2.10. The third-order valence-corrected chi connectivity index (χ3v) is 2.23. The minimum atomic E-state index is -3.67. The van der Waals surface area contributed by atoms with Gasteiger partial charge in [0, 0.05) is 12.2 Å². The maximum absolute atomic E-state index is 10.7. The van der Waals surface area contributed by atoms with Crippen molar-refractivity contribution in [2.75, 3.05) is 18.8 Å². The van der Waals surface area contributed by atoms with Crippen molar-refractivity contribution in [1.82, 2.24) is 4.90 Å². The Balaban J connectivity index is 2.73. The van der Waals surface area contributed by atoms with Gasteiger partial charge in [0.15, 0.2) is 0 Å². The Labute approximate surface area is 90.1 Å². The summed E-state index contributed by atoms with van der Waals surface area (Å²) in [5.74, 6) is 0. The number of rotatable bonds is 4. The molecule has 0 radical (unpaired) electrons. The Bertz CT molecular complexity index is 411. The molecule has 1 aromatic carbocycles. The van der Waals surface area contributed by atoms with Crippen LogP contribution in [0.25, 0.3) is 0 Å². The van der Waals surface area contributed by atoms with Gasteiger partial charge in [-0.1, -0.05) is 12.1 Å². The molecule has 0 fully saturated rings. The molecular formula is C9H15N3O2S. The predicted molar refractivity (Wildman–Crippen MR) is 60.6 cm³/mol. The van der Waals surface area contributed by atoms with E-state index in [1.807, 2.05) is 31.1 Å². The second kappa shape index (κ2) is 4.61. The van der Waals surface area contributed by atoms with E-state index in [9.17, 15) is 8.42 Å². The van der Waals surface area contributed by atoms with Gasteiger partial charge < -0.3 is 4.90 Å². The quantitative estimate of drug-likeness (QED) is 0.783. The van der Waals surface area contributed by atoms with Gasteiger partial charge in [-0.15, -0.1) is 0 Å². The lowest BCUT2D eigenvalue weighted by atomic mass is 10.2. The molecule has 0 amide bonds. The molecule has 1 aromatic rings. The fourth-order valence-electron chi connectivity index (χ4n) is 1.21. The maximum Gasteiger partial charge on any atom is 0.296 e. The molecule has 3 N–H and O–H groups in total. The molecule has 0 saturated carbocycles. The molecule has 0 aliphatic rings. The largest absolute Gasteiger partial charge is 0.305 e. The second-order valence-electron chi connectivity index (χ2n) is 3.58. The van der Waals surface area contributed by atoms with E-state index in [0.717, 1.165) is 12.1 Å². The Morgan fingerprint density at radius 1 is 1.27 bits per heavy atom. The van der Waals surface area contributed by atoms with Gasteiger partial charge in [0.05, 0.1) is 0 Å². The van der Waals surface area contributed by atoms with E-state index in [4.69, 9.17) is 5.14 Å². The zero-order valence-corrected chi connectivity index (χ0v) is 9.58. The van der Waals surface area contributed by atoms with Crippen LogP contribution < -0.4 is 9.86 Å². The highest BCUT2D eigenvalue weighted by atomic mass is 32.2. The first-order chi connectivity index (χ1) is 6.87. The number of nitrogens with two attached hydrogens (primary N) is 1. The highest BCUT2D eigenvalue weighted by Crippen LogP contribution is 2.11. The number of anilines is 1. The summed E-state index contributed by atoms with van der Waals surface area (Å²) in [6.45, 7) is 0.815. The Morgan fingerprint density at radius 2 is 1.80 bits per heavy atom. The zero-order chi connectivity index (χ0) is 11.5. The van der Waals surface area contributed by atoms with Crippen LogP contribution in [0.15, 0.2) is 24.3 Å². The molecule has 0 heterocycles. The van der Waals surface area contributed by atoms with Crippen LogP contribution in [0.4, 0.5) is 5.69 Å². The SMILES string of the molecule is CN(C)Cc1ccc(NS(N)(=O)=O)cc1. The van der Waals surface area contributed by atoms with Gasteiger partial charge in [-0.3, -0.25) is 4.72 Å². The van der Waals surface area contributed by atoms with Crippen LogP contribution in [-0.4, -0.2) is 27.4 Å². The van der Waals surface area contributed by atoms with E-state index >= 15 is 0 Å². The van der Waals surface area contributed by atoms with Crippen LogP contribution in [0.5, 0.6) is 0 Å². The van der Waals surface area contributed by atoms with Gasteiger partial charge in [0.2, 0.25) is 0 Å². The summed E-state index contributed by atoms with van der Waals surface area (Å²) in [5, 5.41) is 4.84. The highest BCUT2D eigenvalue weighted by Gasteiger charge is 2.01. The lowest BCUT2D eigenvalue weighted by molar-refractivity contribution is 0.402. The first kappa shape index (κ1) is 12.0. The van der Waals surface area contributed by atoms with Gasteiger partial charge in [-0.25, -0.2) is 5.14 Å². The third-order valence-electron chi connectivity index (χ3n) is 1.71. The minimum absolute atomic E-state index is 0.472. The van der Waals surface area contributed by atoms with Gasteiger partial charge in [0.1, 0.15) is 0 Å². The molecule has 0 saturated heterocycles. The first-order valence-corrected chi connectivity index (χ1v) is 5.96. The van der Waals surface area contributed by atoms with E-state index in [1.165, 1.54) is 0 Å². The maximum atomic E-state index is 10.7. The van der Waals surface area contributed by atoms with Crippen molar-refractivity contribution < 1.29 is 8.42 Å². The molecule has 0 unspecified atom stereocenters. The van der Waals surface area contributed by atoms with E-state index in [2.05, 4.69) is 4.72 Å². The first-order valence-electron chi connectivity index (χ1n) is 4.41. The minimum Gasteiger partial charge on any atom is -0.305 e. The topological polar surface area (TPSA) is 75.4 Å². The monoisotopic (exact) mass is 229 g/mol. The van der Waals surface area contributed by atoms with Crippen molar-refractivity contribution >= 4 is 15.9 Å². The van der Waals surface area contributed by atoms with E-state index in [1.54, 1.807) is 12.1 Å². The van der Waals surface area contributed by atoms with Crippen LogP contribution in [0.2, 0.25) is 0 Å². The molecule has 5 nitrogen and oxygen atoms in total. The smallest absolute Gasteiger partial charge is 0.296 e. The number of nitrogens with zero attached hydrogens (tertiary/aromatic N) is 1. The van der Waals surface area contributed by atoms with Crippen molar-refractivity contribution in [2.24, 2.45) is 5.14 Å². The highest BCUT2D eigenvalue weighted by molar-refractivity contribution is 7.90. The Hall–Kier alpha value is -1.11. The normalized spacial score (nSPS) is 11.7. The number of nitrogens with one attached hydrogen (secondary N) is 1. The molecule has 0 aliphatic heterocycles. The summed E-state index contributed by atoms with van der Waals surface area (Å²) in [5.41, 5.74) is 1.58. The number of benzene rings is 1. The van der Waals surface area contributed by atoms with Crippen LogP contribution in [0.3, 0.4) is 0 Å². The van der Waals surface area contributed by atoms with Gasteiger partial charge in [-0.05, 0) is 31.8 Å². The molecule has 15 heavy (non-hydrogen) atoms. The molecule has 0 aliphatic carbocycles. The van der Waals surface area contributed by atoms with Crippen LogP contribution >= 0.6 is 0 Å². The average molecular weight is 229 g/mol. The molecule has 0 aromatic heterocycles. The average Bonchev–Trinajstić information content (AvgIpc) is 2.05. The van der Waals surface area contributed by atoms with Gasteiger partial charge in [0.25, 0.3) is 10.2 Å². The summed E-state index contributed by atoms with van der Waals surface area (Å²) in [6.07, 6.45) is 0. The number of hydrogen-bond donors (Lipinski definition) is 2. The lowest BCUT2D eigenvalue weighted by Crippen LogP contribution is -2.21. The van der Waals surface area contributed by atoms with Crippen molar-refractivity contribution in [1.29, 1.82) is 0 Å². The summed E-state index contributed by atoms with van der Waals surface area (Å²) in [7, 11) is 0.264. The van der Waals surface area contributed by atoms with Crippen LogP contribution in [-0.2, 0) is 16.8 Å². The second-order valence-corrected chi connectivity index (χ2v) is 4.88. The fourth-order valence-corrected chi connectivity index (χ4v) is 1.67. The van der Waals surface area contributed by atoms with Gasteiger partial charge >= 0.3 is 0 Å².